The molecular formula is C23H20F2N4O5. The number of hydrogen-bond donors (Lipinski definition) is 1. The summed E-state index contributed by atoms with van der Waals surface area (Å²) in [5, 5.41) is 6.69. The number of rotatable bonds is 7. The van der Waals surface area contributed by atoms with E-state index in [1.54, 1.807) is 35.7 Å². The Morgan fingerprint density at radius 3 is 2.56 bits per heavy atom. The molecule has 34 heavy (non-hydrogen) atoms. The van der Waals surface area contributed by atoms with Gasteiger partial charge in [-0.3, -0.25) is 9.20 Å². The van der Waals surface area contributed by atoms with E-state index in [4.69, 9.17) is 18.8 Å². The van der Waals surface area contributed by atoms with Crippen molar-refractivity contribution in [2.75, 3.05) is 0 Å². The predicted molar refractivity (Wildman–Crippen MR) is 113 cm³/mol. The first-order valence-corrected chi connectivity index (χ1v) is 10.1. The second-order valence-corrected chi connectivity index (χ2v) is 7.00. The van der Waals surface area contributed by atoms with Crippen molar-refractivity contribution in [2.24, 2.45) is 0 Å². The number of imidazole rings is 1. The third-order valence-electron chi connectivity index (χ3n) is 4.83. The molecule has 9 nitrogen and oxygen atoms in total. The van der Waals surface area contributed by atoms with Crippen LogP contribution in [0, 0.1) is 18.6 Å². The minimum Gasteiger partial charge on any atom is -0.485 e. The van der Waals surface area contributed by atoms with E-state index in [0.29, 0.717) is 28.5 Å². The van der Waals surface area contributed by atoms with Gasteiger partial charge in [-0.25, -0.2) is 13.8 Å². The molecule has 176 valence electrons. The average Bonchev–Trinajstić information content (AvgIpc) is 3.41. The Morgan fingerprint density at radius 2 is 1.91 bits per heavy atom. The number of halogens is 2. The van der Waals surface area contributed by atoms with E-state index < -0.39 is 11.6 Å². The molecule has 0 spiro atoms. The van der Waals surface area contributed by atoms with Gasteiger partial charge >= 0.3 is 6.15 Å². The number of hydrogen-bond acceptors (Lipinski definition) is 7. The normalized spacial score (nSPS) is 10.4. The molecule has 0 aliphatic carbocycles. The molecule has 0 radical (unpaired) electrons. The summed E-state index contributed by atoms with van der Waals surface area (Å²) in [4.78, 5) is 33.5. The predicted octanol–water partition coefficient (Wildman–Crippen LogP) is 3.40. The molecule has 4 aromatic rings. The highest BCUT2D eigenvalue weighted by atomic mass is 19.1. The summed E-state index contributed by atoms with van der Waals surface area (Å²) >= 11 is 0. The number of benzene rings is 1. The van der Waals surface area contributed by atoms with Gasteiger partial charge in [0.05, 0.1) is 23.5 Å². The summed E-state index contributed by atoms with van der Waals surface area (Å²) in [6.07, 6.45) is 2.66. The minimum absolute atomic E-state index is 0.177. The van der Waals surface area contributed by atoms with E-state index in [-0.39, 0.29) is 30.8 Å². The molecule has 1 amide bonds. The van der Waals surface area contributed by atoms with Crippen LogP contribution >= 0.6 is 0 Å². The maximum absolute atomic E-state index is 13.9. The van der Waals surface area contributed by atoms with Crippen LogP contribution in [0.4, 0.5) is 8.78 Å². The van der Waals surface area contributed by atoms with Crippen molar-refractivity contribution in [3.05, 3.63) is 82.6 Å². The highest BCUT2D eigenvalue weighted by molar-refractivity contribution is 5.94. The van der Waals surface area contributed by atoms with Crippen LogP contribution in [0.5, 0.6) is 5.75 Å². The van der Waals surface area contributed by atoms with Crippen LogP contribution in [-0.4, -0.2) is 26.6 Å². The summed E-state index contributed by atoms with van der Waals surface area (Å²) in [6, 6.07) is 8.71. The Hall–Kier alpha value is -4.37. The Labute approximate surface area is 192 Å². The van der Waals surface area contributed by atoms with Gasteiger partial charge in [-0.1, -0.05) is 18.1 Å². The average molecular weight is 470 g/mol. The van der Waals surface area contributed by atoms with Crippen molar-refractivity contribution in [3.63, 3.8) is 0 Å². The maximum atomic E-state index is 13.9. The van der Waals surface area contributed by atoms with Crippen molar-refractivity contribution in [1.29, 1.82) is 0 Å². The van der Waals surface area contributed by atoms with Crippen molar-refractivity contribution < 1.29 is 32.4 Å². The number of carbonyl (C=O) groups is 1. The number of pyridine rings is 1. The largest absolute Gasteiger partial charge is 0.485 e. The van der Waals surface area contributed by atoms with Gasteiger partial charge in [0.1, 0.15) is 23.9 Å². The third kappa shape index (κ3) is 5.33. The third-order valence-corrected chi connectivity index (χ3v) is 4.83. The number of fused-ring (bicyclic) bond motifs is 1. The molecule has 0 saturated carbocycles. The van der Waals surface area contributed by atoms with Crippen LogP contribution in [0.3, 0.4) is 0 Å². The Morgan fingerprint density at radius 1 is 1.21 bits per heavy atom. The number of nitrogens with zero attached hydrogens (tertiary/aromatic N) is 3. The summed E-state index contributed by atoms with van der Waals surface area (Å²) in [6.45, 7) is 3.53. The van der Waals surface area contributed by atoms with Crippen LogP contribution in [-0.2, 0) is 29.2 Å². The first-order valence-electron chi connectivity index (χ1n) is 10.1. The van der Waals surface area contributed by atoms with Gasteiger partial charge < -0.3 is 14.6 Å². The van der Waals surface area contributed by atoms with Gasteiger partial charge in [0.15, 0.2) is 17.2 Å². The van der Waals surface area contributed by atoms with Gasteiger partial charge in [-0.05, 0) is 37.6 Å². The molecule has 0 bridgehead atoms. The van der Waals surface area contributed by atoms with E-state index in [2.05, 4.69) is 15.5 Å². The van der Waals surface area contributed by atoms with E-state index in [1.165, 1.54) is 18.2 Å². The lowest BCUT2D eigenvalue weighted by Crippen LogP contribution is -2.24. The molecule has 0 saturated heterocycles. The second kappa shape index (κ2) is 11.0. The zero-order chi connectivity index (χ0) is 24.7. The van der Waals surface area contributed by atoms with Crippen LogP contribution in [0.15, 0.2) is 47.1 Å². The van der Waals surface area contributed by atoms with Crippen molar-refractivity contribution in [3.8, 4) is 5.75 Å². The monoisotopic (exact) mass is 470 g/mol. The van der Waals surface area contributed by atoms with Gasteiger partial charge in [0.25, 0.3) is 5.91 Å². The lowest BCUT2D eigenvalue weighted by Gasteiger charge is -2.09. The lowest BCUT2D eigenvalue weighted by molar-refractivity contribution is -0.191. The first-order chi connectivity index (χ1) is 16.4. The zero-order valence-electron chi connectivity index (χ0n) is 18.3. The van der Waals surface area contributed by atoms with Crippen LogP contribution < -0.4 is 10.1 Å². The molecule has 3 heterocycles. The van der Waals surface area contributed by atoms with Gasteiger partial charge in [-0.15, -0.1) is 0 Å². The van der Waals surface area contributed by atoms with Crippen LogP contribution in [0.25, 0.3) is 5.65 Å². The number of ether oxygens (including phenoxy) is 1. The van der Waals surface area contributed by atoms with Crippen LogP contribution in [0.1, 0.15) is 40.1 Å². The van der Waals surface area contributed by atoms with E-state index in [1.807, 2.05) is 6.92 Å². The fourth-order valence-electron chi connectivity index (χ4n) is 3.22. The maximum Gasteiger partial charge on any atom is 0.373 e. The molecule has 0 aliphatic rings. The number of carbonyl (C=O) groups excluding carboxylic acids is 3. The van der Waals surface area contributed by atoms with Crippen molar-refractivity contribution in [1.82, 2.24) is 19.9 Å². The number of nitrogens with one attached hydrogen (secondary N) is 1. The molecule has 1 N–H and O–H groups in total. The quantitative estimate of drug-likeness (QED) is 0.440. The number of aryl methyl sites for hydroxylation is 2. The molecule has 11 heteroatoms. The standard InChI is InChI=1S/C22H20F2N4O3.CO2/c1-3-14-10-15(31-27-14)11-25-22(29)20-13(2)26-21-19(8-5-9-28(20)21)30-12-16-17(23)6-4-7-18(16)24;2-1-3/h4-10H,3,11-12H2,1-2H3,(H,25,29);. The SMILES string of the molecule is CCc1cc(CNC(=O)c2c(C)nc3c(OCc4c(F)cccc4F)cccn23)on1.O=C=O. The van der Waals surface area contributed by atoms with Gasteiger partial charge in [0, 0.05) is 12.3 Å². The summed E-state index contributed by atoms with van der Waals surface area (Å²) in [7, 11) is 0. The van der Waals surface area contributed by atoms with Crippen molar-refractivity contribution >= 4 is 17.7 Å². The smallest absolute Gasteiger partial charge is 0.373 e. The fourth-order valence-corrected chi connectivity index (χ4v) is 3.22. The molecule has 1 aromatic carbocycles. The molecule has 0 fully saturated rings. The summed E-state index contributed by atoms with van der Waals surface area (Å²) in [5.41, 5.74) is 1.81. The van der Waals surface area contributed by atoms with E-state index >= 15 is 0 Å². The highest BCUT2D eigenvalue weighted by Crippen LogP contribution is 2.24. The Balaban J connectivity index is 0.00000103. The molecule has 3 aromatic heterocycles. The Kier molecular flexibility index (Phi) is 7.83. The zero-order valence-corrected chi connectivity index (χ0v) is 18.3. The highest BCUT2D eigenvalue weighted by Gasteiger charge is 2.20. The molecule has 0 aliphatic heterocycles. The first kappa shape index (κ1) is 24.3. The van der Waals surface area contributed by atoms with E-state index in [9.17, 15) is 13.6 Å². The van der Waals surface area contributed by atoms with E-state index in [0.717, 1.165) is 12.1 Å². The molecule has 0 atom stereocenters. The Bertz CT molecular complexity index is 1320. The second-order valence-electron chi connectivity index (χ2n) is 7.00. The summed E-state index contributed by atoms with van der Waals surface area (Å²) < 4.78 is 40.2. The minimum atomic E-state index is -0.690. The summed E-state index contributed by atoms with van der Waals surface area (Å²) in [5.74, 6) is -0.880. The molecule has 4 rings (SSSR count). The van der Waals surface area contributed by atoms with Crippen molar-refractivity contribution in [2.45, 2.75) is 33.4 Å². The number of aromatic nitrogens is 3. The topological polar surface area (TPSA) is 116 Å². The van der Waals surface area contributed by atoms with Gasteiger partial charge in [0.2, 0.25) is 0 Å². The molecular weight excluding hydrogens is 450 g/mol. The van der Waals surface area contributed by atoms with Gasteiger partial charge in [-0.2, -0.15) is 9.59 Å². The van der Waals surface area contributed by atoms with Crippen LogP contribution in [0.2, 0.25) is 0 Å². The fraction of sp³-hybridized carbons (Fsp3) is 0.217. The lowest BCUT2D eigenvalue weighted by atomic mass is 10.2. The molecule has 0 unspecified atom stereocenters. The number of amides is 1.